The van der Waals surface area contributed by atoms with E-state index >= 15 is 0 Å². The van der Waals surface area contributed by atoms with Crippen molar-refractivity contribution in [2.24, 2.45) is 0 Å². The molecule has 0 saturated carbocycles. The number of benzene rings is 1. The number of hydrogen-bond acceptors (Lipinski definition) is 3. The van der Waals surface area contributed by atoms with Gasteiger partial charge in [-0.05, 0) is 44.8 Å². The average Bonchev–Trinajstić information content (AvgIpc) is 2.49. The molecule has 3 nitrogen and oxygen atoms in total. The van der Waals surface area contributed by atoms with Crippen LogP contribution in [0.2, 0.25) is 0 Å². The predicted octanol–water partition coefficient (Wildman–Crippen LogP) is 2.24. The van der Waals surface area contributed by atoms with Gasteiger partial charge >= 0.3 is 7.12 Å². The van der Waals surface area contributed by atoms with Crippen LogP contribution in [-0.4, -0.2) is 23.4 Å². The van der Waals surface area contributed by atoms with Crippen LogP contribution in [0.15, 0.2) is 22.7 Å². The van der Waals surface area contributed by atoms with Crippen LogP contribution in [0.4, 0.5) is 0 Å². The first kappa shape index (κ1) is 14.1. The Morgan fingerprint density at radius 1 is 1.17 bits per heavy atom. The Bertz CT molecular complexity index is 444. The molecule has 5 heteroatoms. The lowest BCUT2D eigenvalue weighted by Gasteiger charge is -2.32. The lowest BCUT2D eigenvalue weighted by atomic mass is 9.78. The van der Waals surface area contributed by atoms with Crippen molar-refractivity contribution in [1.29, 1.82) is 0 Å². The standard InChI is InChI=1S/C13H18BBrO3/c1-12(2)13(3,4)18-14(17-12)10-5-6-11(15)9(7-10)8-16/h5-7,16H,8H2,1-4H3. The minimum atomic E-state index is -0.381. The molecule has 18 heavy (non-hydrogen) atoms. The van der Waals surface area contributed by atoms with Gasteiger partial charge in [0.2, 0.25) is 0 Å². The Labute approximate surface area is 117 Å². The van der Waals surface area contributed by atoms with Gasteiger partial charge in [-0.25, -0.2) is 0 Å². The zero-order chi connectivity index (χ0) is 13.6. The van der Waals surface area contributed by atoms with E-state index in [2.05, 4.69) is 15.9 Å². The van der Waals surface area contributed by atoms with Gasteiger partial charge in [-0.2, -0.15) is 0 Å². The second-order valence-electron chi connectivity index (χ2n) is 5.60. The van der Waals surface area contributed by atoms with E-state index in [4.69, 9.17) is 9.31 Å². The van der Waals surface area contributed by atoms with E-state index < -0.39 is 0 Å². The highest BCUT2D eigenvalue weighted by Crippen LogP contribution is 2.36. The van der Waals surface area contributed by atoms with Gasteiger partial charge in [0.25, 0.3) is 0 Å². The molecule has 0 radical (unpaired) electrons. The number of hydrogen-bond donors (Lipinski definition) is 1. The summed E-state index contributed by atoms with van der Waals surface area (Å²) in [6.45, 7) is 8.10. The van der Waals surface area contributed by atoms with Crippen LogP contribution in [-0.2, 0) is 15.9 Å². The van der Waals surface area contributed by atoms with Crippen LogP contribution >= 0.6 is 15.9 Å². The van der Waals surface area contributed by atoms with Crippen molar-refractivity contribution in [2.75, 3.05) is 0 Å². The zero-order valence-corrected chi connectivity index (χ0v) is 12.7. The molecular weight excluding hydrogens is 295 g/mol. The van der Waals surface area contributed by atoms with Crippen molar-refractivity contribution in [3.63, 3.8) is 0 Å². The van der Waals surface area contributed by atoms with Crippen LogP contribution in [0.25, 0.3) is 0 Å². The molecule has 0 spiro atoms. The summed E-state index contributed by atoms with van der Waals surface area (Å²) >= 11 is 3.40. The lowest BCUT2D eigenvalue weighted by Crippen LogP contribution is -2.41. The molecule has 0 atom stereocenters. The first-order valence-electron chi connectivity index (χ1n) is 6.02. The Morgan fingerprint density at radius 2 is 1.72 bits per heavy atom. The third kappa shape index (κ3) is 2.37. The summed E-state index contributed by atoms with van der Waals surface area (Å²) in [5.74, 6) is 0. The topological polar surface area (TPSA) is 38.7 Å². The quantitative estimate of drug-likeness (QED) is 0.851. The molecule has 1 N–H and O–H groups in total. The molecule has 2 rings (SSSR count). The van der Waals surface area contributed by atoms with Crippen LogP contribution in [0.5, 0.6) is 0 Å². The van der Waals surface area contributed by atoms with Crippen molar-refractivity contribution in [3.05, 3.63) is 28.2 Å². The zero-order valence-electron chi connectivity index (χ0n) is 11.2. The normalized spacial score (nSPS) is 21.3. The minimum Gasteiger partial charge on any atom is -0.399 e. The van der Waals surface area contributed by atoms with Gasteiger partial charge in [-0.3, -0.25) is 0 Å². The summed E-state index contributed by atoms with van der Waals surface area (Å²) in [6, 6.07) is 5.77. The Hall–Kier alpha value is -0.355. The molecule has 1 fully saturated rings. The second kappa shape index (κ2) is 4.64. The van der Waals surface area contributed by atoms with Gasteiger partial charge in [-0.1, -0.05) is 28.1 Å². The van der Waals surface area contributed by atoms with Crippen molar-refractivity contribution < 1.29 is 14.4 Å². The molecule has 1 aromatic rings. The maximum Gasteiger partial charge on any atom is 0.494 e. The fraction of sp³-hybridized carbons (Fsp3) is 0.538. The van der Waals surface area contributed by atoms with Gasteiger partial charge in [-0.15, -0.1) is 0 Å². The molecular formula is C13H18BBrO3. The molecule has 0 amide bonds. The van der Waals surface area contributed by atoms with E-state index in [0.29, 0.717) is 0 Å². The Morgan fingerprint density at radius 3 is 2.22 bits per heavy atom. The number of aliphatic hydroxyl groups is 1. The Kier molecular flexibility index (Phi) is 3.62. The summed E-state index contributed by atoms with van der Waals surface area (Å²) in [5.41, 5.74) is 1.08. The predicted molar refractivity (Wildman–Crippen MR) is 75.8 cm³/mol. The van der Waals surface area contributed by atoms with Crippen molar-refractivity contribution >= 4 is 28.5 Å². The van der Waals surface area contributed by atoms with Gasteiger partial charge in [0.05, 0.1) is 17.8 Å². The molecule has 1 aliphatic heterocycles. The second-order valence-corrected chi connectivity index (χ2v) is 6.45. The maximum absolute atomic E-state index is 9.28. The summed E-state index contributed by atoms with van der Waals surface area (Å²) in [7, 11) is -0.381. The SMILES string of the molecule is CC1(C)OB(c2ccc(Br)c(CO)c2)OC1(C)C. The highest BCUT2D eigenvalue weighted by Gasteiger charge is 2.51. The summed E-state index contributed by atoms with van der Waals surface area (Å²) in [5, 5.41) is 9.28. The smallest absolute Gasteiger partial charge is 0.399 e. The average molecular weight is 313 g/mol. The van der Waals surface area contributed by atoms with E-state index in [-0.39, 0.29) is 24.9 Å². The summed E-state index contributed by atoms with van der Waals surface area (Å²) in [6.07, 6.45) is 0. The summed E-state index contributed by atoms with van der Waals surface area (Å²) < 4.78 is 12.8. The molecule has 1 aromatic carbocycles. The van der Waals surface area contributed by atoms with Crippen LogP contribution in [0, 0.1) is 0 Å². The van der Waals surface area contributed by atoms with E-state index in [1.165, 1.54) is 0 Å². The molecule has 0 unspecified atom stereocenters. The molecule has 1 heterocycles. The van der Waals surface area contributed by atoms with E-state index in [1.807, 2.05) is 45.9 Å². The van der Waals surface area contributed by atoms with Crippen molar-refractivity contribution in [3.8, 4) is 0 Å². The maximum atomic E-state index is 9.28. The van der Waals surface area contributed by atoms with Crippen molar-refractivity contribution in [2.45, 2.75) is 45.5 Å². The highest BCUT2D eigenvalue weighted by molar-refractivity contribution is 9.10. The first-order valence-corrected chi connectivity index (χ1v) is 6.81. The van der Waals surface area contributed by atoms with E-state index in [0.717, 1.165) is 15.5 Å². The highest BCUT2D eigenvalue weighted by atomic mass is 79.9. The van der Waals surface area contributed by atoms with E-state index in [1.54, 1.807) is 0 Å². The minimum absolute atomic E-state index is 0.00602. The van der Waals surface area contributed by atoms with Crippen molar-refractivity contribution in [1.82, 2.24) is 0 Å². The largest absolute Gasteiger partial charge is 0.494 e. The summed E-state index contributed by atoms with van der Waals surface area (Å²) in [4.78, 5) is 0. The lowest BCUT2D eigenvalue weighted by molar-refractivity contribution is 0.00578. The monoisotopic (exact) mass is 312 g/mol. The van der Waals surface area contributed by atoms with Gasteiger partial charge in [0.1, 0.15) is 0 Å². The number of aliphatic hydroxyl groups excluding tert-OH is 1. The fourth-order valence-electron chi connectivity index (χ4n) is 1.84. The molecule has 0 aromatic heterocycles. The third-order valence-corrected chi connectivity index (χ3v) is 4.54. The van der Waals surface area contributed by atoms with Gasteiger partial charge in [0, 0.05) is 4.47 Å². The molecule has 1 aliphatic rings. The third-order valence-electron chi connectivity index (χ3n) is 3.77. The van der Waals surface area contributed by atoms with Gasteiger partial charge < -0.3 is 14.4 Å². The first-order chi connectivity index (χ1) is 8.27. The fourth-order valence-corrected chi connectivity index (χ4v) is 2.21. The van der Waals surface area contributed by atoms with E-state index in [9.17, 15) is 5.11 Å². The number of rotatable bonds is 2. The van der Waals surface area contributed by atoms with Crippen LogP contribution in [0.1, 0.15) is 33.3 Å². The molecule has 1 saturated heterocycles. The number of halogens is 1. The van der Waals surface area contributed by atoms with Crippen LogP contribution < -0.4 is 5.46 Å². The molecule has 0 bridgehead atoms. The van der Waals surface area contributed by atoms with Gasteiger partial charge in [0.15, 0.2) is 0 Å². The molecule has 98 valence electrons. The molecule has 0 aliphatic carbocycles. The van der Waals surface area contributed by atoms with Crippen LogP contribution in [0.3, 0.4) is 0 Å². The Balaban J connectivity index is 2.30.